The van der Waals surface area contributed by atoms with Gasteiger partial charge in [-0.15, -0.1) is 0 Å². The van der Waals surface area contributed by atoms with Gasteiger partial charge in [0.05, 0.1) is 0 Å². The van der Waals surface area contributed by atoms with Crippen molar-refractivity contribution in [2.75, 3.05) is 0 Å². The van der Waals surface area contributed by atoms with Gasteiger partial charge in [-0.1, -0.05) is 46.3 Å². The van der Waals surface area contributed by atoms with Crippen LogP contribution in [-0.4, -0.2) is 11.6 Å². The van der Waals surface area contributed by atoms with Crippen molar-refractivity contribution in [2.24, 2.45) is 74.4 Å². The first-order chi connectivity index (χ1) is 19.1. The molecule has 13 atom stereocenters. The number of fused-ring (bicyclic) bond motifs is 10. The van der Waals surface area contributed by atoms with Gasteiger partial charge in [0.1, 0.15) is 11.6 Å². The molecule has 7 saturated carbocycles. The van der Waals surface area contributed by atoms with E-state index in [0.717, 1.165) is 55.3 Å². The molecule has 0 bridgehead atoms. The Labute approximate surface area is 244 Å². The smallest absolute Gasteiger partial charge is 0.139 e. The van der Waals surface area contributed by atoms with Gasteiger partial charge in [0, 0.05) is 24.7 Å². The third-order valence-electron chi connectivity index (χ3n) is 17.1. The van der Waals surface area contributed by atoms with E-state index in [0.29, 0.717) is 40.2 Å². The molecule has 8 aliphatic carbocycles. The molecule has 220 valence electrons. The van der Waals surface area contributed by atoms with Gasteiger partial charge in [-0.25, -0.2) is 0 Å². The number of Topliss-reactive ketones (excluding diaryl/α,β-unsaturated/α-hetero) is 2. The molecule has 0 aromatic carbocycles. The first kappa shape index (κ1) is 26.7. The van der Waals surface area contributed by atoms with Gasteiger partial charge in [-0.05, 0) is 152 Å². The Bertz CT molecular complexity index is 1140. The van der Waals surface area contributed by atoms with Crippen LogP contribution in [0.1, 0.15) is 137 Å². The molecule has 0 heterocycles. The number of rotatable bonds is 1. The van der Waals surface area contributed by atoms with Gasteiger partial charge in [-0.2, -0.15) is 0 Å². The van der Waals surface area contributed by atoms with Crippen molar-refractivity contribution in [3.8, 4) is 0 Å². The van der Waals surface area contributed by atoms with Crippen molar-refractivity contribution < 1.29 is 9.59 Å². The number of ketones is 2. The molecular formula is C38H56O2. The highest BCUT2D eigenvalue weighted by atomic mass is 16.1. The largest absolute Gasteiger partial charge is 0.300 e. The Balaban J connectivity index is 1.23. The number of carbonyl (C=O) groups is 2. The van der Waals surface area contributed by atoms with Crippen LogP contribution < -0.4 is 0 Å². The number of hydrogen-bond donors (Lipinski definition) is 0. The lowest BCUT2D eigenvalue weighted by atomic mass is 9.32. The molecule has 0 aromatic heterocycles. The number of allylic oxidation sites excluding steroid dienone is 2. The van der Waals surface area contributed by atoms with E-state index in [1.165, 1.54) is 83.5 Å². The van der Waals surface area contributed by atoms with Crippen LogP contribution in [-0.2, 0) is 9.59 Å². The van der Waals surface area contributed by atoms with E-state index in [-0.39, 0.29) is 16.2 Å². The lowest BCUT2D eigenvalue weighted by Gasteiger charge is -2.71. The highest BCUT2D eigenvalue weighted by Crippen LogP contribution is 2.76. The summed E-state index contributed by atoms with van der Waals surface area (Å²) >= 11 is 0. The molecule has 8 rings (SSSR count). The lowest BCUT2D eigenvalue weighted by Crippen LogP contribution is -2.68. The Morgan fingerprint density at radius 2 is 1.50 bits per heavy atom. The Morgan fingerprint density at radius 3 is 2.35 bits per heavy atom. The van der Waals surface area contributed by atoms with E-state index >= 15 is 0 Å². The standard InChI is InChI=1S/C38H56O2/c1-34-16-5-8-28(34)26-12-11-24-22-25(39)23-32(36(24,3)30(26)14-19-34)38-18-7-10-33(40)37(38,4)31-15-20-35(2)17-6-9-29(35)27(31)13-21-38/h5,16,24,26-32H,6-15,17-23H2,1-4H3/t24?,26-,27-,28-,29-,30+,31+,32?,34-,35-,36-,37-,38?/m0/s1. The van der Waals surface area contributed by atoms with Crippen LogP contribution >= 0.6 is 0 Å². The normalized spacial score (nSPS) is 58.8. The molecule has 0 saturated heterocycles. The fraction of sp³-hybridized carbons (Fsp3) is 0.895. The summed E-state index contributed by atoms with van der Waals surface area (Å²) in [6, 6.07) is 0. The maximum Gasteiger partial charge on any atom is 0.139 e. The van der Waals surface area contributed by atoms with Crippen LogP contribution in [0.2, 0.25) is 0 Å². The Hall–Kier alpha value is -0.920. The maximum atomic E-state index is 14.6. The zero-order valence-corrected chi connectivity index (χ0v) is 26.1. The Morgan fingerprint density at radius 1 is 0.700 bits per heavy atom. The molecule has 0 radical (unpaired) electrons. The summed E-state index contributed by atoms with van der Waals surface area (Å²) in [6.45, 7) is 10.3. The van der Waals surface area contributed by atoms with Crippen LogP contribution in [0.15, 0.2) is 12.2 Å². The van der Waals surface area contributed by atoms with E-state index in [2.05, 4.69) is 39.8 Å². The first-order valence-corrected chi connectivity index (χ1v) is 17.8. The fourth-order valence-electron chi connectivity index (χ4n) is 15.3. The van der Waals surface area contributed by atoms with Crippen molar-refractivity contribution in [3.05, 3.63) is 12.2 Å². The minimum atomic E-state index is -0.223. The van der Waals surface area contributed by atoms with Crippen LogP contribution in [0.3, 0.4) is 0 Å². The summed E-state index contributed by atoms with van der Waals surface area (Å²) in [4.78, 5) is 28.3. The molecule has 0 N–H and O–H groups in total. The Kier molecular flexibility index (Phi) is 5.73. The molecule has 0 amide bonds. The van der Waals surface area contributed by atoms with Crippen molar-refractivity contribution in [1.29, 1.82) is 0 Å². The van der Waals surface area contributed by atoms with E-state index < -0.39 is 0 Å². The molecule has 0 spiro atoms. The van der Waals surface area contributed by atoms with Crippen molar-refractivity contribution in [3.63, 3.8) is 0 Å². The topological polar surface area (TPSA) is 34.1 Å². The minimum absolute atomic E-state index is 0.0372. The van der Waals surface area contributed by atoms with Crippen LogP contribution in [0.4, 0.5) is 0 Å². The maximum absolute atomic E-state index is 14.6. The summed E-state index contributed by atoms with van der Waals surface area (Å²) < 4.78 is 0. The number of hydrogen-bond acceptors (Lipinski definition) is 2. The highest BCUT2D eigenvalue weighted by Gasteiger charge is 2.72. The SMILES string of the molecule is C[C@@]12CCC[C@H]1[C@@H]1CCC3(C4CC(=O)CC5CC[C@@H]6[C@@H](CC[C@]7(C)C=CC[C@@H]67)[C@]54C)CCCC(=O)[C@]3(C)[C@@H]1CC2. The van der Waals surface area contributed by atoms with Gasteiger partial charge in [-0.3, -0.25) is 9.59 Å². The van der Waals surface area contributed by atoms with E-state index in [4.69, 9.17) is 0 Å². The van der Waals surface area contributed by atoms with Gasteiger partial charge in [0.25, 0.3) is 0 Å². The zero-order chi connectivity index (χ0) is 27.7. The van der Waals surface area contributed by atoms with E-state index in [9.17, 15) is 9.59 Å². The summed E-state index contributed by atoms with van der Waals surface area (Å²) in [6.07, 6.45) is 25.6. The molecule has 0 aromatic rings. The zero-order valence-electron chi connectivity index (χ0n) is 26.1. The molecule has 2 heteroatoms. The van der Waals surface area contributed by atoms with Gasteiger partial charge in [0.15, 0.2) is 0 Å². The molecular weight excluding hydrogens is 488 g/mol. The summed E-state index contributed by atoms with van der Waals surface area (Å²) in [5, 5.41) is 0. The predicted octanol–water partition coefficient (Wildman–Crippen LogP) is 9.36. The monoisotopic (exact) mass is 544 g/mol. The van der Waals surface area contributed by atoms with Crippen molar-refractivity contribution >= 4 is 11.6 Å². The summed E-state index contributed by atoms with van der Waals surface area (Å²) in [5.74, 6) is 6.56. The third-order valence-corrected chi connectivity index (χ3v) is 17.1. The van der Waals surface area contributed by atoms with Gasteiger partial charge >= 0.3 is 0 Å². The fourth-order valence-corrected chi connectivity index (χ4v) is 15.3. The lowest BCUT2D eigenvalue weighted by molar-refractivity contribution is -0.229. The van der Waals surface area contributed by atoms with Crippen molar-refractivity contribution in [2.45, 2.75) is 137 Å². The number of carbonyl (C=O) groups excluding carboxylic acids is 2. The van der Waals surface area contributed by atoms with Crippen LogP contribution in [0.5, 0.6) is 0 Å². The predicted molar refractivity (Wildman–Crippen MR) is 160 cm³/mol. The quantitative estimate of drug-likeness (QED) is 0.308. The second kappa shape index (κ2) is 8.59. The molecule has 7 fully saturated rings. The molecule has 8 aliphatic rings. The van der Waals surface area contributed by atoms with Gasteiger partial charge in [0.2, 0.25) is 0 Å². The average molecular weight is 545 g/mol. The van der Waals surface area contributed by atoms with Crippen LogP contribution in [0, 0.1) is 74.4 Å². The van der Waals surface area contributed by atoms with E-state index in [1.807, 2.05) is 0 Å². The third kappa shape index (κ3) is 3.14. The minimum Gasteiger partial charge on any atom is -0.300 e. The van der Waals surface area contributed by atoms with E-state index in [1.54, 1.807) is 0 Å². The summed E-state index contributed by atoms with van der Waals surface area (Å²) in [5.41, 5.74) is 0.942. The van der Waals surface area contributed by atoms with Gasteiger partial charge < -0.3 is 0 Å². The molecule has 3 unspecified atom stereocenters. The molecule has 0 aliphatic heterocycles. The second-order valence-electron chi connectivity index (χ2n) is 17.8. The summed E-state index contributed by atoms with van der Waals surface area (Å²) in [7, 11) is 0. The highest BCUT2D eigenvalue weighted by molar-refractivity contribution is 5.87. The second-order valence-corrected chi connectivity index (χ2v) is 17.8. The molecule has 2 nitrogen and oxygen atoms in total. The van der Waals surface area contributed by atoms with Crippen LogP contribution in [0.25, 0.3) is 0 Å². The van der Waals surface area contributed by atoms with Crippen molar-refractivity contribution in [1.82, 2.24) is 0 Å². The average Bonchev–Trinajstić information content (AvgIpc) is 3.52. The molecule has 40 heavy (non-hydrogen) atoms. The first-order valence-electron chi connectivity index (χ1n) is 17.8.